The molecule has 13 nitrogen and oxygen atoms in total. The van der Waals surface area contributed by atoms with Gasteiger partial charge in [0.05, 0.1) is 16.5 Å². The minimum Gasteiger partial charge on any atom is -0.508 e. The number of phenols is 1. The van der Waals surface area contributed by atoms with Gasteiger partial charge in [0, 0.05) is 12.3 Å². The normalized spacial score (nSPS) is 43.7. The van der Waals surface area contributed by atoms with Crippen molar-refractivity contribution in [1.29, 1.82) is 0 Å². The first-order valence-electron chi connectivity index (χ1n) is 14.1. The van der Waals surface area contributed by atoms with Crippen molar-refractivity contribution in [2.45, 2.75) is 73.8 Å². The Morgan fingerprint density at radius 3 is 2.30 bits per heavy atom. The van der Waals surface area contributed by atoms with E-state index in [0.29, 0.717) is 0 Å². The molecule has 11 atom stereocenters. The molecular formula is C30H32O13. The highest BCUT2D eigenvalue weighted by molar-refractivity contribution is 5.90. The van der Waals surface area contributed by atoms with Crippen LogP contribution < -0.4 is 0 Å². The van der Waals surface area contributed by atoms with Gasteiger partial charge in [-0.2, -0.15) is 0 Å². The summed E-state index contributed by atoms with van der Waals surface area (Å²) in [5.41, 5.74) is -3.18. The maximum Gasteiger partial charge on any atom is 0.338 e. The Labute approximate surface area is 245 Å². The third-order valence-corrected chi connectivity index (χ3v) is 9.87. The highest BCUT2D eigenvalue weighted by atomic mass is 16.8. The second-order valence-corrected chi connectivity index (χ2v) is 12.2. The zero-order valence-electron chi connectivity index (χ0n) is 23.1. The summed E-state index contributed by atoms with van der Waals surface area (Å²) in [5.74, 6) is -3.46. The Hall–Kier alpha value is -3.14. The summed E-state index contributed by atoms with van der Waals surface area (Å²) in [7, 11) is 0. The Morgan fingerprint density at radius 2 is 1.58 bits per heavy atom. The number of aromatic hydroxyl groups is 1. The van der Waals surface area contributed by atoms with Crippen molar-refractivity contribution in [2.75, 3.05) is 13.2 Å². The zero-order chi connectivity index (χ0) is 30.4. The minimum absolute atomic E-state index is 0.0149. The third kappa shape index (κ3) is 3.93. The number of ether oxygens (including phenoxy) is 6. The first-order valence-corrected chi connectivity index (χ1v) is 14.1. The number of hydrogen-bond donors (Lipinski definition) is 5. The van der Waals surface area contributed by atoms with Crippen LogP contribution in [0.25, 0.3) is 0 Å². The van der Waals surface area contributed by atoms with Gasteiger partial charge in [-0.1, -0.05) is 18.2 Å². The van der Waals surface area contributed by atoms with Crippen molar-refractivity contribution >= 4 is 11.9 Å². The van der Waals surface area contributed by atoms with Crippen LogP contribution in [0.3, 0.4) is 0 Å². The molecule has 3 aliphatic carbocycles. The molecule has 0 radical (unpaired) electrons. The summed E-state index contributed by atoms with van der Waals surface area (Å²) >= 11 is 0. The summed E-state index contributed by atoms with van der Waals surface area (Å²) in [6, 6.07) is 13.7. The minimum atomic E-state index is -1.71. The topological polar surface area (TPSA) is 191 Å². The van der Waals surface area contributed by atoms with Gasteiger partial charge < -0.3 is 54.0 Å². The molecule has 4 saturated heterocycles. The van der Waals surface area contributed by atoms with Gasteiger partial charge in [-0.05, 0) is 49.7 Å². The fourth-order valence-corrected chi connectivity index (χ4v) is 7.70. The summed E-state index contributed by atoms with van der Waals surface area (Å²) in [5, 5.41) is 53.2. The van der Waals surface area contributed by atoms with Crippen molar-refractivity contribution in [3.05, 3.63) is 65.7 Å². The number of aliphatic hydroxyl groups excluding tert-OH is 3. The SMILES string of the molecule is C[C@@]12C[C@@]3(O)O[C@@H](O1)[C@]1(COC(=O)c4ccc(O)cc4)[C@H]3C[C@@]12OC1O[C@H](COC(=O)c2ccccc2)[C@@H](O)[C@H](O)[C@H]1O. The lowest BCUT2D eigenvalue weighted by Gasteiger charge is -2.67. The summed E-state index contributed by atoms with van der Waals surface area (Å²) in [4.78, 5) is 25.4. The van der Waals surface area contributed by atoms with E-state index in [1.807, 2.05) is 0 Å². The number of carbonyl (C=O) groups excluding carboxylic acids is 2. The van der Waals surface area contributed by atoms with E-state index in [2.05, 4.69) is 0 Å². The number of esters is 2. The Morgan fingerprint density at radius 1 is 0.907 bits per heavy atom. The van der Waals surface area contributed by atoms with E-state index in [9.17, 15) is 35.1 Å². The van der Waals surface area contributed by atoms with Crippen LogP contribution in [0.2, 0.25) is 0 Å². The van der Waals surface area contributed by atoms with Crippen molar-refractivity contribution < 1.29 is 63.5 Å². The van der Waals surface area contributed by atoms with Gasteiger partial charge in [-0.15, -0.1) is 0 Å². The maximum atomic E-state index is 12.9. The highest BCUT2D eigenvalue weighted by Crippen LogP contribution is 2.81. The molecule has 6 bridgehead atoms. The van der Waals surface area contributed by atoms with Crippen LogP contribution in [0, 0.1) is 11.3 Å². The fraction of sp³-hybridized carbons (Fsp3) is 0.533. The van der Waals surface area contributed by atoms with Gasteiger partial charge in [-0.25, -0.2) is 9.59 Å². The quantitative estimate of drug-likeness (QED) is 0.259. The van der Waals surface area contributed by atoms with E-state index in [1.165, 1.54) is 24.3 Å². The number of rotatable bonds is 8. The second-order valence-electron chi connectivity index (χ2n) is 12.2. The number of benzene rings is 2. The molecule has 1 unspecified atom stereocenters. The molecule has 0 aromatic heterocycles. The molecule has 4 heterocycles. The first-order chi connectivity index (χ1) is 20.4. The van der Waals surface area contributed by atoms with Crippen molar-refractivity contribution in [2.24, 2.45) is 11.3 Å². The summed E-state index contributed by atoms with van der Waals surface area (Å²) < 4.78 is 35.6. The third-order valence-electron chi connectivity index (χ3n) is 9.87. The van der Waals surface area contributed by atoms with E-state index in [4.69, 9.17) is 28.4 Å². The molecular weight excluding hydrogens is 568 g/mol. The van der Waals surface area contributed by atoms with E-state index in [-0.39, 0.29) is 36.3 Å². The van der Waals surface area contributed by atoms with E-state index in [0.717, 1.165) is 0 Å². The lowest BCUT2D eigenvalue weighted by Crippen LogP contribution is -2.80. The first kappa shape index (κ1) is 28.6. The molecule has 2 aromatic rings. The molecule has 2 aromatic carbocycles. The molecule has 4 aliphatic heterocycles. The van der Waals surface area contributed by atoms with Gasteiger partial charge in [0.15, 0.2) is 18.4 Å². The number of aliphatic hydroxyl groups is 4. The number of phenolic OH excluding ortho intramolecular Hbond substituents is 1. The van der Waals surface area contributed by atoms with Crippen LogP contribution in [0.5, 0.6) is 5.75 Å². The van der Waals surface area contributed by atoms with Crippen molar-refractivity contribution in [1.82, 2.24) is 0 Å². The molecule has 13 heteroatoms. The lowest BCUT2D eigenvalue weighted by molar-refractivity contribution is -0.424. The lowest BCUT2D eigenvalue weighted by atomic mass is 9.41. The molecule has 0 spiro atoms. The molecule has 0 amide bonds. The molecule has 230 valence electrons. The number of hydrogen-bond acceptors (Lipinski definition) is 13. The second kappa shape index (κ2) is 9.68. The fourth-order valence-electron chi connectivity index (χ4n) is 7.70. The standard InChI is InChI=1S/C30H32O13/c1-27-13-29(37)19-11-30(27,28(19,26(42-27)43-29)14-39-24(36)16-7-9-17(31)10-8-16)41-25-22(34)21(33)20(32)18(40-25)12-38-23(35)15-5-3-2-4-6-15/h2-10,18-22,25-26,31-34,37H,11-14H2,1H3/t18-,19-,20-,21+,22-,25?,26-,27+,28+,29-,30+/m1/s1. The van der Waals surface area contributed by atoms with Crippen LogP contribution in [0.15, 0.2) is 54.6 Å². The molecule has 43 heavy (non-hydrogen) atoms. The van der Waals surface area contributed by atoms with E-state index >= 15 is 0 Å². The molecule has 3 saturated carbocycles. The molecule has 5 N–H and O–H groups in total. The van der Waals surface area contributed by atoms with Gasteiger partial charge >= 0.3 is 11.9 Å². The average Bonchev–Trinajstić information content (AvgIpc) is 3.18. The van der Waals surface area contributed by atoms with Gasteiger partial charge in [-0.3, -0.25) is 0 Å². The summed E-state index contributed by atoms with van der Waals surface area (Å²) in [6.07, 6.45) is -8.57. The molecule has 7 fully saturated rings. The van der Waals surface area contributed by atoms with Crippen LogP contribution in [0.4, 0.5) is 0 Å². The van der Waals surface area contributed by atoms with E-state index < -0.39 is 83.9 Å². The predicted octanol–water partition coefficient (Wildman–Crippen LogP) is 0.213. The maximum absolute atomic E-state index is 12.9. The van der Waals surface area contributed by atoms with Crippen molar-refractivity contribution in [3.63, 3.8) is 0 Å². The monoisotopic (exact) mass is 600 g/mol. The Kier molecular flexibility index (Phi) is 6.44. The predicted molar refractivity (Wildman–Crippen MR) is 140 cm³/mol. The van der Waals surface area contributed by atoms with Gasteiger partial charge in [0.2, 0.25) is 0 Å². The van der Waals surface area contributed by atoms with E-state index in [1.54, 1.807) is 37.3 Å². The van der Waals surface area contributed by atoms with Crippen LogP contribution in [-0.4, -0.2) is 105 Å². The van der Waals surface area contributed by atoms with Gasteiger partial charge in [0.25, 0.3) is 0 Å². The smallest absolute Gasteiger partial charge is 0.338 e. The van der Waals surface area contributed by atoms with Gasteiger partial charge in [0.1, 0.15) is 54.6 Å². The highest BCUT2D eigenvalue weighted by Gasteiger charge is 2.94. The average molecular weight is 601 g/mol. The molecule has 7 aliphatic rings. The van der Waals surface area contributed by atoms with Crippen molar-refractivity contribution in [3.8, 4) is 5.75 Å². The largest absolute Gasteiger partial charge is 0.508 e. The Bertz CT molecular complexity index is 1420. The summed E-state index contributed by atoms with van der Waals surface area (Å²) in [6.45, 7) is 1.01. The van der Waals surface area contributed by atoms with Crippen LogP contribution in [0.1, 0.15) is 40.5 Å². The number of carbonyl (C=O) groups is 2. The van der Waals surface area contributed by atoms with Crippen LogP contribution >= 0.6 is 0 Å². The van der Waals surface area contributed by atoms with Crippen LogP contribution in [-0.2, 0) is 28.4 Å². The Balaban J connectivity index is 1.12. The molecule has 9 rings (SSSR count). The zero-order valence-corrected chi connectivity index (χ0v) is 23.1.